The van der Waals surface area contributed by atoms with Crippen LogP contribution >= 0.6 is 0 Å². The van der Waals surface area contributed by atoms with E-state index in [9.17, 15) is 22.7 Å². The minimum Gasteiger partial charge on any atom is -1.00 e. The number of piperidine rings is 1. The van der Waals surface area contributed by atoms with Gasteiger partial charge in [-0.25, -0.2) is 17.6 Å². The molecule has 0 radical (unpaired) electrons. The van der Waals surface area contributed by atoms with Crippen LogP contribution in [0.15, 0.2) is 36.4 Å². The molecule has 2 aliphatic rings. The number of aliphatic hydroxyl groups is 1. The van der Waals surface area contributed by atoms with E-state index in [0.29, 0.717) is 12.1 Å². The quantitative estimate of drug-likeness (QED) is 0.515. The predicted molar refractivity (Wildman–Crippen MR) is 102 cm³/mol. The molecule has 4 rings (SSSR count). The summed E-state index contributed by atoms with van der Waals surface area (Å²) in [7, 11) is 4.46. The van der Waals surface area contributed by atoms with Crippen molar-refractivity contribution in [2.24, 2.45) is 5.92 Å². The third kappa shape index (κ3) is 3.92. The third-order valence-electron chi connectivity index (χ3n) is 7.30. The van der Waals surface area contributed by atoms with Crippen LogP contribution in [0.1, 0.15) is 43.2 Å². The van der Waals surface area contributed by atoms with Crippen LogP contribution in [0.3, 0.4) is 0 Å². The molecule has 0 aromatic heterocycles. The molecule has 2 bridgehead atoms. The fraction of sp³-hybridized carbons (Fsp3) is 0.478. The lowest BCUT2D eigenvalue weighted by Gasteiger charge is -2.46. The van der Waals surface area contributed by atoms with E-state index in [0.717, 1.165) is 54.4 Å². The molecule has 164 valence electrons. The molecule has 0 amide bonds. The zero-order valence-electron chi connectivity index (χ0n) is 17.0. The van der Waals surface area contributed by atoms with Gasteiger partial charge in [-0.15, -0.1) is 0 Å². The normalized spacial score (nSPS) is 25.1. The van der Waals surface area contributed by atoms with Crippen molar-refractivity contribution < 1.29 is 44.1 Å². The molecule has 0 saturated carbocycles. The van der Waals surface area contributed by atoms with Gasteiger partial charge in [0.05, 0.1) is 26.2 Å². The van der Waals surface area contributed by atoms with Crippen LogP contribution in [-0.4, -0.2) is 35.8 Å². The summed E-state index contributed by atoms with van der Waals surface area (Å²) < 4.78 is 55.9. The van der Waals surface area contributed by atoms with Crippen LogP contribution in [-0.2, 0) is 5.60 Å². The Morgan fingerprint density at radius 2 is 1.27 bits per heavy atom. The number of nitrogens with zero attached hydrogens (tertiary/aromatic N) is 1. The maximum atomic E-state index is 14.0. The van der Waals surface area contributed by atoms with Gasteiger partial charge in [0.1, 0.15) is 5.60 Å². The Labute approximate surface area is 184 Å². The molecule has 2 saturated heterocycles. The fourth-order valence-corrected chi connectivity index (χ4v) is 5.49. The van der Waals surface area contributed by atoms with Crippen LogP contribution in [0.5, 0.6) is 0 Å². The highest BCUT2D eigenvalue weighted by Crippen LogP contribution is 2.47. The van der Waals surface area contributed by atoms with Crippen molar-refractivity contribution in [2.75, 3.05) is 14.1 Å². The van der Waals surface area contributed by atoms with E-state index in [1.807, 2.05) is 0 Å². The van der Waals surface area contributed by atoms with E-state index in [1.165, 1.54) is 12.1 Å². The minimum absolute atomic E-state index is 0. The molecule has 2 nitrogen and oxygen atoms in total. The summed E-state index contributed by atoms with van der Waals surface area (Å²) in [5.41, 5.74) is -1.44. The van der Waals surface area contributed by atoms with E-state index < -0.39 is 28.9 Å². The van der Waals surface area contributed by atoms with E-state index >= 15 is 0 Å². The fourth-order valence-electron chi connectivity index (χ4n) is 5.49. The SMILES string of the molecule is C[N+]1(C)[C@@H]2CC[C@H]1CC(CC(O)(c1ccc(F)c(F)c1)c1ccc(F)c(F)c1)C2.[Br-]. The molecule has 2 aromatic rings. The molecule has 30 heavy (non-hydrogen) atoms. The van der Waals surface area contributed by atoms with Gasteiger partial charge in [0, 0.05) is 25.7 Å². The maximum absolute atomic E-state index is 14.0. The first-order chi connectivity index (χ1) is 13.6. The molecular weight excluding hydrogens is 462 g/mol. The number of quaternary nitrogens is 1. The molecule has 1 N–H and O–H groups in total. The standard InChI is InChI=1S/C23H26F4NO.BrH/c1-28(2)17-5-6-18(28)10-14(9-17)13-23(29,15-3-7-19(24)21(26)11-15)16-4-8-20(25)22(27)12-16;/h3-4,7-8,11-12,14,17-18,29H,5-6,9-10,13H2,1-2H3;1H/q+1;/p-1/t14?,17-,18+;. The second-order valence-electron chi connectivity index (χ2n) is 9.17. The lowest BCUT2D eigenvalue weighted by molar-refractivity contribution is -0.931. The summed E-state index contributed by atoms with van der Waals surface area (Å²) in [6.07, 6.45) is 4.31. The summed E-state index contributed by atoms with van der Waals surface area (Å²) in [5, 5.41) is 11.7. The Morgan fingerprint density at radius 1 is 0.833 bits per heavy atom. The van der Waals surface area contributed by atoms with Gasteiger partial charge in [-0.3, -0.25) is 0 Å². The Bertz CT molecular complexity index is 868. The average Bonchev–Trinajstić information content (AvgIpc) is 2.83. The molecule has 1 unspecified atom stereocenters. The van der Waals surface area contributed by atoms with Crippen molar-refractivity contribution in [3.05, 3.63) is 70.8 Å². The average molecular weight is 488 g/mol. The summed E-state index contributed by atoms with van der Waals surface area (Å²) in [4.78, 5) is 0. The molecule has 0 aliphatic carbocycles. The largest absolute Gasteiger partial charge is 1.00 e. The summed E-state index contributed by atoms with van der Waals surface area (Å²) >= 11 is 0. The highest BCUT2D eigenvalue weighted by Gasteiger charge is 2.50. The summed E-state index contributed by atoms with van der Waals surface area (Å²) in [5.74, 6) is -4.05. The van der Waals surface area contributed by atoms with E-state index in [2.05, 4.69) is 14.1 Å². The molecule has 2 aromatic carbocycles. The first-order valence-electron chi connectivity index (χ1n) is 10.1. The number of hydrogen-bond acceptors (Lipinski definition) is 1. The van der Waals surface area contributed by atoms with E-state index in [-0.39, 0.29) is 40.4 Å². The Hall–Kier alpha value is -1.44. The first-order valence-corrected chi connectivity index (χ1v) is 10.1. The number of hydrogen-bond donors (Lipinski definition) is 1. The van der Waals surface area contributed by atoms with Crippen molar-refractivity contribution >= 4 is 0 Å². The second-order valence-corrected chi connectivity index (χ2v) is 9.17. The van der Waals surface area contributed by atoms with Crippen molar-refractivity contribution in [3.8, 4) is 0 Å². The van der Waals surface area contributed by atoms with Crippen LogP contribution in [0.4, 0.5) is 17.6 Å². The number of rotatable bonds is 4. The van der Waals surface area contributed by atoms with Gasteiger partial charge in [0.2, 0.25) is 0 Å². The molecule has 2 fully saturated rings. The van der Waals surface area contributed by atoms with E-state index in [4.69, 9.17) is 0 Å². The number of benzene rings is 2. The lowest BCUT2D eigenvalue weighted by atomic mass is 9.75. The molecule has 2 aliphatic heterocycles. The minimum atomic E-state index is -1.73. The maximum Gasteiger partial charge on any atom is 0.159 e. The van der Waals surface area contributed by atoms with Crippen molar-refractivity contribution in [1.82, 2.24) is 0 Å². The zero-order valence-corrected chi connectivity index (χ0v) is 18.6. The predicted octanol–water partition coefficient (Wildman–Crippen LogP) is 1.89. The van der Waals surface area contributed by atoms with Crippen LogP contribution in [0, 0.1) is 29.2 Å². The number of fused-ring (bicyclic) bond motifs is 2. The van der Waals surface area contributed by atoms with Gasteiger partial charge < -0.3 is 26.6 Å². The van der Waals surface area contributed by atoms with Gasteiger partial charge >= 0.3 is 0 Å². The summed E-state index contributed by atoms with van der Waals surface area (Å²) in [6, 6.07) is 7.42. The van der Waals surface area contributed by atoms with Crippen LogP contribution in [0.25, 0.3) is 0 Å². The molecule has 2 heterocycles. The monoisotopic (exact) mass is 487 g/mol. The van der Waals surface area contributed by atoms with Crippen LogP contribution < -0.4 is 17.0 Å². The van der Waals surface area contributed by atoms with Crippen molar-refractivity contribution in [1.29, 1.82) is 0 Å². The Kier molecular flexibility index (Phi) is 6.38. The Balaban J connectivity index is 0.00000256. The van der Waals surface area contributed by atoms with Gasteiger partial charge in [0.25, 0.3) is 0 Å². The van der Waals surface area contributed by atoms with E-state index in [1.54, 1.807) is 0 Å². The van der Waals surface area contributed by atoms with Gasteiger partial charge in [-0.1, -0.05) is 12.1 Å². The topological polar surface area (TPSA) is 20.2 Å². The highest BCUT2D eigenvalue weighted by atomic mass is 79.9. The third-order valence-corrected chi connectivity index (χ3v) is 7.30. The van der Waals surface area contributed by atoms with Gasteiger partial charge in [-0.05, 0) is 47.7 Å². The van der Waals surface area contributed by atoms with Crippen molar-refractivity contribution in [3.63, 3.8) is 0 Å². The van der Waals surface area contributed by atoms with Crippen molar-refractivity contribution in [2.45, 2.75) is 49.8 Å². The second kappa shape index (κ2) is 8.24. The zero-order chi connectivity index (χ0) is 21.0. The molecular formula is C23H26BrF4NO. The summed E-state index contributed by atoms with van der Waals surface area (Å²) in [6.45, 7) is 0. The first kappa shape index (κ1) is 23.2. The van der Waals surface area contributed by atoms with Gasteiger partial charge in [-0.2, -0.15) is 0 Å². The molecule has 3 atom stereocenters. The smallest absolute Gasteiger partial charge is 0.159 e. The van der Waals surface area contributed by atoms with Crippen LogP contribution in [0.2, 0.25) is 0 Å². The van der Waals surface area contributed by atoms with Gasteiger partial charge in [0.15, 0.2) is 23.3 Å². The highest BCUT2D eigenvalue weighted by molar-refractivity contribution is 5.37. The molecule has 0 spiro atoms. The Morgan fingerprint density at radius 3 is 1.67 bits per heavy atom. The molecule has 7 heteroatoms. The number of halogens is 5. The lowest BCUT2D eigenvalue weighted by Crippen LogP contribution is -3.00.